The van der Waals surface area contributed by atoms with Crippen molar-refractivity contribution in [1.82, 2.24) is 0 Å². The van der Waals surface area contributed by atoms with Gasteiger partial charge in [-0.05, 0) is 36.5 Å². The average Bonchev–Trinajstić information content (AvgIpc) is 2.65. The van der Waals surface area contributed by atoms with E-state index in [1.807, 2.05) is 20.8 Å². The first-order chi connectivity index (χ1) is 14.8. The topological polar surface area (TPSA) is 140 Å². The summed E-state index contributed by atoms with van der Waals surface area (Å²) in [4.78, 5) is 46.3. The summed E-state index contributed by atoms with van der Waals surface area (Å²) in [7, 11) is 0. The molecule has 2 atom stereocenters. The predicted molar refractivity (Wildman–Crippen MR) is 113 cm³/mol. The Morgan fingerprint density at radius 2 is 1.56 bits per heavy atom. The van der Waals surface area contributed by atoms with Crippen molar-refractivity contribution in [3.05, 3.63) is 23.8 Å². The molecule has 2 N–H and O–H groups in total. The Balaban J connectivity index is 2.62. The number of nitrogens with two attached hydrogens (primary N) is 1. The van der Waals surface area contributed by atoms with Gasteiger partial charge in [-0.3, -0.25) is 14.4 Å². The third-order valence-electron chi connectivity index (χ3n) is 3.65. The second-order valence-electron chi connectivity index (χ2n) is 8.44. The van der Waals surface area contributed by atoms with Crippen LogP contribution in [0.25, 0.3) is 0 Å². The first-order valence-electron chi connectivity index (χ1n) is 10.0. The minimum Gasteiger partial charge on any atom is -0.458 e. The van der Waals surface area contributed by atoms with Crippen LogP contribution in [0.15, 0.2) is 18.2 Å². The lowest BCUT2D eigenvalue weighted by Crippen LogP contribution is -2.37. The molecule has 1 aromatic rings. The Hall–Kier alpha value is -3.14. The van der Waals surface area contributed by atoms with Gasteiger partial charge in [0.1, 0.15) is 18.8 Å². The fourth-order valence-electron chi connectivity index (χ4n) is 2.31. The molecule has 0 saturated carbocycles. The summed E-state index contributed by atoms with van der Waals surface area (Å²) in [6.45, 7) is 9.70. The summed E-state index contributed by atoms with van der Waals surface area (Å²) in [5.74, 6) is -1.79. The lowest BCUT2D eigenvalue weighted by molar-refractivity contribution is -0.152. The van der Waals surface area contributed by atoms with Gasteiger partial charge in [-0.15, -0.1) is 0 Å². The molecule has 0 radical (unpaired) electrons. The Morgan fingerprint density at radius 3 is 2.12 bits per heavy atom. The van der Waals surface area contributed by atoms with Crippen LogP contribution in [0, 0.1) is 5.41 Å². The molecule has 0 fully saturated rings. The molecule has 0 amide bonds. The number of ether oxygens (including phenoxy) is 5. The summed E-state index contributed by atoms with van der Waals surface area (Å²) >= 11 is 0. The fourth-order valence-corrected chi connectivity index (χ4v) is 2.31. The van der Waals surface area contributed by atoms with E-state index in [4.69, 9.17) is 29.4 Å². The number of hydrogen-bond acceptors (Lipinski definition) is 10. The van der Waals surface area contributed by atoms with E-state index in [2.05, 4.69) is 0 Å². The van der Waals surface area contributed by atoms with E-state index in [0.29, 0.717) is 5.56 Å². The van der Waals surface area contributed by atoms with Crippen molar-refractivity contribution in [3.63, 3.8) is 0 Å². The molecule has 0 spiro atoms. The zero-order valence-electron chi connectivity index (χ0n) is 19.3. The van der Waals surface area contributed by atoms with Crippen molar-refractivity contribution < 1.29 is 42.9 Å². The maximum atomic E-state index is 12.3. The van der Waals surface area contributed by atoms with Crippen LogP contribution in [-0.4, -0.2) is 49.4 Å². The van der Waals surface area contributed by atoms with Crippen molar-refractivity contribution >= 4 is 24.1 Å². The van der Waals surface area contributed by atoms with E-state index in [1.54, 1.807) is 13.0 Å². The maximum Gasteiger partial charge on any atom is 0.508 e. The van der Waals surface area contributed by atoms with Gasteiger partial charge in [0, 0.05) is 13.8 Å². The van der Waals surface area contributed by atoms with Crippen molar-refractivity contribution in [2.45, 2.75) is 60.1 Å². The van der Waals surface area contributed by atoms with Crippen molar-refractivity contribution in [2.75, 3.05) is 13.2 Å². The van der Waals surface area contributed by atoms with Gasteiger partial charge in [-0.1, -0.05) is 26.8 Å². The monoisotopic (exact) mass is 453 g/mol. The standard InChI is InChI=1S/C22H31NO9/c1-13(11-28-21(27)29-12-22(4,5)6)30-20(26)17(23)9-16-7-8-18(31-14(2)24)19(10-16)32-15(3)25/h7-8,10,13,17H,9,11-12,23H2,1-6H3/t13-,17-/m0/s1. The average molecular weight is 453 g/mol. The van der Waals surface area contributed by atoms with E-state index in [1.165, 1.54) is 26.0 Å². The lowest BCUT2D eigenvalue weighted by Gasteiger charge is -2.19. The van der Waals surface area contributed by atoms with Crippen LogP contribution in [0.4, 0.5) is 4.79 Å². The van der Waals surface area contributed by atoms with Gasteiger partial charge < -0.3 is 29.4 Å². The van der Waals surface area contributed by atoms with Crippen molar-refractivity contribution in [3.8, 4) is 11.5 Å². The zero-order chi connectivity index (χ0) is 24.5. The molecule has 0 aliphatic carbocycles. The molecule has 0 aliphatic heterocycles. The van der Waals surface area contributed by atoms with E-state index in [0.717, 1.165) is 0 Å². The smallest absolute Gasteiger partial charge is 0.458 e. The van der Waals surface area contributed by atoms with Gasteiger partial charge in [-0.25, -0.2) is 4.79 Å². The van der Waals surface area contributed by atoms with E-state index < -0.39 is 36.2 Å². The molecule has 0 bridgehead atoms. The molecule has 0 aliphatic rings. The van der Waals surface area contributed by atoms with Gasteiger partial charge >= 0.3 is 24.1 Å². The largest absolute Gasteiger partial charge is 0.508 e. The van der Waals surface area contributed by atoms with Crippen LogP contribution in [0.1, 0.15) is 47.1 Å². The number of rotatable bonds is 9. The normalized spacial score (nSPS) is 12.8. The SMILES string of the molecule is CC(=O)Oc1ccc(C[C@H](N)C(=O)O[C@@H](C)COC(=O)OCC(C)(C)C)cc1OC(C)=O. The second-order valence-corrected chi connectivity index (χ2v) is 8.44. The highest BCUT2D eigenvalue weighted by Gasteiger charge is 2.21. The number of hydrogen-bond donors (Lipinski definition) is 1. The summed E-state index contributed by atoms with van der Waals surface area (Å²) in [5, 5.41) is 0. The highest BCUT2D eigenvalue weighted by atomic mass is 16.7. The molecule has 32 heavy (non-hydrogen) atoms. The molecule has 1 rings (SSSR count). The summed E-state index contributed by atoms with van der Waals surface area (Å²) in [5.41, 5.74) is 6.27. The molecule has 1 aromatic carbocycles. The minimum atomic E-state index is -1.03. The molecule has 0 unspecified atom stereocenters. The molecular formula is C22H31NO9. The second kappa shape index (κ2) is 12.0. The molecule has 0 aromatic heterocycles. The number of carbonyl (C=O) groups is 4. The first kappa shape index (κ1) is 26.9. The molecule has 0 saturated heterocycles. The van der Waals surface area contributed by atoms with Crippen LogP contribution in [0.3, 0.4) is 0 Å². The van der Waals surface area contributed by atoms with Gasteiger partial charge in [0.15, 0.2) is 11.5 Å². The van der Waals surface area contributed by atoms with Gasteiger partial charge in [0.2, 0.25) is 0 Å². The van der Waals surface area contributed by atoms with Crippen LogP contribution in [-0.2, 0) is 35.0 Å². The third-order valence-corrected chi connectivity index (χ3v) is 3.65. The molecule has 0 heterocycles. The van der Waals surface area contributed by atoms with Crippen LogP contribution >= 0.6 is 0 Å². The molecular weight excluding hydrogens is 422 g/mol. The Bertz CT molecular complexity index is 829. The van der Waals surface area contributed by atoms with Gasteiger partial charge in [0.05, 0.1) is 6.61 Å². The zero-order valence-corrected chi connectivity index (χ0v) is 19.3. The van der Waals surface area contributed by atoms with Gasteiger partial charge in [0.25, 0.3) is 0 Å². The maximum absolute atomic E-state index is 12.3. The van der Waals surface area contributed by atoms with E-state index in [9.17, 15) is 19.2 Å². The highest BCUT2D eigenvalue weighted by Crippen LogP contribution is 2.29. The Labute approximate surface area is 187 Å². The summed E-state index contributed by atoms with van der Waals surface area (Å²) < 4.78 is 25.1. The molecule has 10 heteroatoms. The van der Waals surface area contributed by atoms with Crippen LogP contribution in [0.5, 0.6) is 11.5 Å². The minimum absolute atomic E-state index is 0.0290. The lowest BCUT2D eigenvalue weighted by atomic mass is 9.99. The third kappa shape index (κ3) is 10.8. The molecule has 10 nitrogen and oxygen atoms in total. The Morgan fingerprint density at radius 1 is 0.969 bits per heavy atom. The fraction of sp³-hybridized carbons (Fsp3) is 0.545. The Kier molecular flexibility index (Phi) is 10.1. The predicted octanol–water partition coefficient (Wildman–Crippen LogP) is 2.54. The summed E-state index contributed by atoms with van der Waals surface area (Å²) in [6, 6.07) is 3.43. The quantitative estimate of drug-likeness (QED) is 0.438. The number of carbonyl (C=O) groups excluding carboxylic acids is 4. The highest BCUT2D eigenvalue weighted by molar-refractivity contribution is 5.76. The number of benzene rings is 1. The van der Waals surface area contributed by atoms with Crippen molar-refractivity contribution in [1.29, 1.82) is 0 Å². The van der Waals surface area contributed by atoms with E-state index in [-0.39, 0.29) is 36.5 Å². The molecule has 178 valence electrons. The number of esters is 3. The van der Waals surface area contributed by atoms with Crippen LogP contribution < -0.4 is 15.2 Å². The van der Waals surface area contributed by atoms with Crippen molar-refractivity contribution in [2.24, 2.45) is 11.1 Å². The van der Waals surface area contributed by atoms with Crippen LogP contribution in [0.2, 0.25) is 0 Å². The summed E-state index contributed by atoms with van der Waals surface area (Å²) in [6.07, 6.45) is -1.52. The van der Waals surface area contributed by atoms with Gasteiger partial charge in [-0.2, -0.15) is 0 Å². The first-order valence-corrected chi connectivity index (χ1v) is 10.0. The van der Waals surface area contributed by atoms with E-state index >= 15 is 0 Å².